The number of aliphatic carboxylic acids is 1. The van der Waals surface area contributed by atoms with E-state index < -0.39 is 5.97 Å². The van der Waals surface area contributed by atoms with Gasteiger partial charge in [0.1, 0.15) is 0 Å². The normalized spacial score (nSPS) is 29.0. The Morgan fingerprint density at radius 1 is 1.67 bits per heavy atom. The van der Waals surface area contributed by atoms with E-state index in [0.29, 0.717) is 12.1 Å². The zero-order chi connectivity index (χ0) is 11.0. The molecule has 2 aliphatic rings. The second kappa shape index (κ2) is 3.53. The molecule has 2 rings (SSSR count). The van der Waals surface area contributed by atoms with E-state index in [-0.39, 0.29) is 17.9 Å². The first-order valence-electron chi connectivity index (χ1n) is 4.97. The van der Waals surface area contributed by atoms with Crippen LogP contribution in [0.2, 0.25) is 0 Å². The number of hydrogen-bond donors (Lipinski definition) is 1. The summed E-state index contributed by atoms with van der Waals surface area (Å²) in [6, 6.07) is 0.180. The first-order valence-corrected chi connectivity index (χ1v) is 4.97. The standard InChI is InChI=1S/C11H13NO3/c1-7(4-10(13)14)6-12-9-3-2-8(5-9)11(12)15/h2-4,8-9H,5-6H2,1H3,(H,13,14)/b7-4-. The van der Waals surface area contributed by atoms with Gasteiger partial charge in [-0.1, -0.05) is 12.2 Å². The van der Waals surface area contributed by atoms with Crippen LogP contribution < -0.4 is 0 Å². The van der Waals surface area contributed by atoms with Gasteiger partial charge in [-0.05, 0) is 18.9 Å². The highest BCUT2D eigenvalue weighted by Crippen LogP contribution is 2.32. The fourth-order valence-corrected chi connectivity index (χ4v) is 2.19. The van der Waals surface area contributed by atoms with Crippen molar-refractivity contribution >= 4 is 11.9 Å². The van der Waals surface area contributed by atoms with Gasteiger partial charge in [0.05, 0.1) is 12.0 Å². The van der Waals surface area contributed by atoms with Gasteiger partial charge in [0.25, 0.3) is 0 Å². The maximum absolute atomic E-state index is 11.7. The van der Waals surface area contributed by atoms with E-state index in [0.717, 1.165) is 12.5 Å². The summed E-state index contributed by atoms with van der Waals surface area (Å²) in [5.41, 5.74) is 0.705. The Bertz CT molecular complexity index is 370. The summed E-state index contributed by atoms with van der Waals surface area (Å²) in [5, 5.41) is 8.56. The minimum absolute atomic E-state index is 0.0348. The molecule has 0 aromatic heterocycles. The number of fused-ring (bicyclic) bond motifs is 2. The Hall–Kier alpha value is -1.58. The molecule has 15 heavy (non-hydrogen) atoms. The molecule has 80 valence electrons. The highest BCUT2D eigenvalue weighted by molar-refractivity contribution is 5.86. The minimum Gasteiger partial charge on any atom is -0.478 e. The molecular weight excluding hydrogens is 194 g/mol. The van der Waals surface area contributed by atoms with E-state index in [1.54, 1.807) is 11.8 Å². The summed E-state index contributed by atoms with van der Waals surface area (Å²) >= 11 is 0. The molecule has 2 atom stereocenters. The molecule has 1 amide bonds. The zero-order valence-corrected chi connectivity index (χ0v) is 8.51. The van der Waals surface area contributed by atoms with E-state index in [4.69, 9.17) is 5.11 Å². The summed E-state index contributed by atoms with van der Waals surface area (Å²) in [6.07, 6.45) is 5.99. The number of likely N-dealkylation sites (tertiary alicyclic amines) is 1. The number of carbonyl (C=O) groups is 2. The molecule has 4 nitrogen and oxygen atoms in total. The lowest BCUT2D eigenvalue weighted by Gasteiger charge is -2.24. The molecule has 0 aromatic rings. The van der Waals surface area contributed by atoms with Crippen molar-refractivity contribution in [2.45, 2.75) is 19.4 Å². The van der Waals surface area contributed by atoms with Gasteiger partial charge in [0, 0.05) is 12.6 Å². The summed E-state index contributed by atoms with van der Waals surface area (Å²) < 4.78 is 0. The maximum atomic E-state index is 11.7. The third kappa shape index (κ3) is 1.79. The first-order chi connectivity index (χ1) is 7.08. The summed E-state index contributed by atoms with van der Waals surface area (Å²) in [4.78, 5) is 23.9. The SMILES string of the molecule is C/C(=C/C(=O)O)CN1C(=O)C2C=CC1C2. The van der Waals surface area contributed by atoms with Gasteiger partial charge in [-0.25, -0.2) is 4.79 Å². The molecule has 4 heteroatoms. The number of carboxylic acid groups (broad SMARTS) is 1. The molecule has 1 heterocycles. The van der Waals surface area contributed by atoms with E-state index in [1.807, 2.05) is 12.2 Å². The average Bonchev–Trinajstić information content (AvgIpc) is 2.68. The molecule has 0 radical (unpaired) electrons. The predicted molar refractivity (Wildman–Crippen MR) is 54.1 cm³/mol. The zero-order valence-electron chi connectivity index (χ0n) is 8.51. The van der Waals surface area contributed by atoms with Crippen molar-refractivity contribution < 1.29 is 14.7 Å². The highest BCUT2D eigenvalue weighted by atomic mass is 16.4. The first kappa shape index (κ1) is 9.96. The van der Waals surface area contributed by atoms with Crippen LogP contribution in [0.5, 0.6) is 0 Å². The van der Waals surface area contributed by atoms with Crippen LogP contribution in [0.4, 0.5) is 0 Å². The van der Waals surface area contributed by atoms with Gasteiger partial charge >= 0.3 is 5.97 Å². The molecule has 0 spiro atoms. The highest BCUT2D eigenvalue weighted by Gasteiger charge is 2.40. The fraction of sp³-hybridized carbons (Fsp3) is 0.455. The average molecular weight is 207 g/mol. The lowest BCUT2D eigenvalue weighted by Crippen LogP contribution is -2.36. The van der Waals surface area contributed by atoms with Crippen molar-refractivity contribution in [1.29, 1.82) is 0 Å². The number of hydrogen-bond acceptors (Lipinski definition) is 2. The van der Waals surface area contributed by atoms with Crippen LogP contribution >= 0.6 is 0 Å². The Morgan fingerprint density at radius 2 is 2.40 bits per heavy atom. The van der Waals surface area contributed by atoms with Crippen molar-refractivity contribution in [3.05, 3.63) is 23.8 Å². The van der Waals surface area contributed by atoms with Crippen LogP contribution in [0.25, 0.3) is 0 Å². The van der Waals surface area contributed by atoms with E-state index in [9.17, 15) is 9.59 Å². The minimum atomic E-state index is -0.958. The predicted octanol–water partition coefficient (Wildman–Crippen LogP) is 0.804. The molecule has 2 bridgehead atoms. The van der Waals surface area contributed by atoms with E-state index in [2.05, 4.69) is 0 Å². The Morgan fingerprint density at radius 3 is 2.93 bits per heavy atom. The maximum Gasteiger partial charge on any atom is 0.328 e. The van der Waals surface area contributed by atoms with Gasteiger partial charge in [-0.3, -0.25) is 4.79 Å². The van der Waals surface area contributed by atoms with Crippen molar-refractivity contribution in [2.24, 2.45) is 5.92 Å². The van der Waals surface area contributed by atoms with Crippen LogP contribution in [0.3, 0.4) is 0 Å². The third-order valence-electron chi connectivity index (χ3n) is 2.85. The number of rotatable bonds is 3. The van der Waals surface area contributed by atoms with E-state index in [1.165, 1.54) is 0 Å². The van der Waals surface area contributed by atoms with Gasteiger partial charge in [-0.15, -0.1) is 0 Å². The number of carbonyl (C=O) groups excluding carboxylic acids is 1. The molecule has 2 unspecified atom stereocenters. The van der Waals surface area contributed by atoms with Crippen LogP contribution in [0, 0.1) is 5.92 Å². The van der Waals surface area contributed by atoms with Crippen LogP contribution in [0.1, 0.15) is 13.3 Å². The topological polar surface area (TPSA) is 57.6 Å². The third-order valence-corrected chi connectivity index (χ3v) is 2.85. The molecular formula is C11H13NO3. The lowest BCUT2D eigenvalue weighted by molar-refractivity contribution is -0.132. The number of nitrogens with zero attached hydrogens (tertiary/aromatic N) is 1. The summed E-state index contributed by atoms with van der Waals surface area (Å²) in [5.74, 6) is -0.798. The molecule has 1 saturated heterocycles. The molecule has 1 aliphatic heterocycles. The smallest absolute Gasteiger partial charge is 0.328 e. The van der Waals surface area contributed by atoms with Crippen molar-refractivity contribution in [3.8, 4) is 0 Å². The Balaban J connectivity index is 2.05. The van der Waals surface area contributed by atoms with Gasteiger partial charge in [-0.2, -0.15) is 0 Å². The molecule has 1 fully saturated rings. The number of carboxylic acids is 1. The monoisotopic (exact) mass is 207 g/mol. The van der Waals surface area contributed by atoms with Crippen molar-refractivity contribution in [1.82, 2.24) is 4.90 Å². The fourth-order valence-electron chi connectivity index (χ4n) is 2.19. The molecule has 0 aromatic carbocycles. The Kier molecular flexibility index (Phi) is 2.34. The second-order valence-electron chi connectivity index (χ2n) is 4.09. The van der Waals surface area contributed by atoms with Crippen LogP contribution in [-0.4, -0.2) is 34.5 Å². The molecule has 1 N–H and O–H groups in total. The molecule has 0 saturated carbocycles. The van der Waals surface area contributed by atoms with Gasteiger partial charge in [0.2, 0.25) is 5.91 Å². The largest absolute Gasteiger partial charge is 0.478 e. The lowest BCUT2D eigenvalue weighted by atomic mass is 10.1. The van der Waals surface area contributed by atoms with Crippen molar-refractivity contribution in [2.75, 3.05) is 6.54 Å². The van der Waals surface area contributed by atoms with Crippen LogP contribution in [-0.2, 0) is 9.59 Å². The van der Waals surface area contributed by atoms with Gasteiger partial charge in [0.15, 0.2) is 0 Å². The number of amides is 1. The second-order valence-corrected chi connectivity index (χ2v) is 4.09. The van der Waals surface area contributed by atoms with E-state index >= 15 is 0 Å². The molecule has 1 aliphatic carbocycles. The summed E-state index contributed by atoms with van der Waals surface area (Å²) in [7, 11) is 0. The quantitative estimate of drug-likeness (QED) is 0.550. The van der Waals surface area contributed by atoms with Crippen molar-refractivity contribution in [3.63, 3.8) is 0 Å². The van der Waals surface area contributed by atoms with Gasteiger partial charge < -0.3 is 10.0 Å². The van der Waals surface area contributed by atoms with Crippen LogP contribution in [0.15, 0.2) is 23.8 Å². The Labute approximate surface area is 87.9 Å². The summed E-state index contributed by atoms with van der Waals surface area (Å²) in [6.45, 7) is 2.16.